The van der Waals surface area contributed by atoms with Crippen LogP contribution in [0.15, 0.2) is 0 Å². The standard InChI is InChI=1S/C10H16O/c1-3-10(2)7-5-4-6-9(10)8-11/h1,9,11H,4-8H2,2H3. The highest BCUT2D eigenvalue weighted by Gasteiger charge is 2.33. The summed E-state index contributed by atoms with van der Waals surface area (Å²) in [6.45, 7) is 2.34. The predicted octanol–water partition coefficient (Wildman–Crippen LogP) is 1.81. The smallest absolute Gasteiger partial charge is 0.0473 e. The first-order chi connectivity index (χ1) is 5.23. The molecule has 2 atom stereocenters. The molecule has 0 bridgehead atoms. The van der Waals surface area contributed by atoms with Crippen LogP contribution in [0, 0.1) is 23.7 Å². The fourth-order valence-electron chi connectivity index (χ4n) is 1.89. The number of rotatable bonds is 1. The van der Waals surface area contributed by atoms with Crippen molar-refractivity contribution in [3.8, 4) is 12.3 Å². The largest absolute Gasteiger partial charge is 0.396 e. The van der Waals surface area contributed by atoms with Crippen molar-refractivity contribution >= 4 is 0 Å². The molecule has 1 heteroatoms. The molecule has 2 unspecified atom stereocenters. The summed E-state index contributed by atoms with van der Waals surface area (Å²) in [6.07, 6.45) is 10.1. The molecule has 0 spiro atoms. The third-order valence-corrected chi connectivity index (χ3v) is 2.95. The molecule has 1 rings (SSSR count). The van der Waals surface area contributed by atoms with Crippen LogP contribution in [0.5, 0.6) is 0 Å². The summed E-state index contributed by atoms with van der Waals surface area (Å²) >= 11 is 0. The lowest BCUT2D eigenvalue weighted by molar-refractivity contribution is 0.103. The molecule has 0 aliphatic heterocycles. The van der Waals surface area contributed by atoms with Gasteiger partial charge < -0.3 is 5.11 Å². The highest BCUT2D eigenvalue weighted by Crippen LogP contribution is 2.39. The van der Waals surface area contributed by atoms with Crippen molar-refractivity contribution in [2.24, 2.45) is 11.3 Å². The van der Waals surface area contributed by atoms with Crippen molar-refractivity contribution in [1.29, 1.82) is 0 Å². The van der Waals surface area contributed by atoms with Crippen LogP contribution in [0.3, 0.4) is 0 Å². The Balaban J connectivity index is 2.67. The van der Waals surface area contributed by atoms with Gasteiger partial charge in [0, 0.05) is 12.0 Å². The van der Waals surface area contributed by atoms with Crippen molar-refractivity contribution < 1.29 is 5.11 Å². The molecule has 0 aromatic carbocycles. The number of aliphatic hydroxyl groups is 1. The Morgan fingerprint density at radius 3 is 2.82 bits per heavy atom. The van der Waals surface area contributed by atoms with Gasteiger partial charge in [0.2, 0.25) is 0 Å². The van der Waals surface area contributed by atoms with Gasteiger partial charge in [-0.2, -0.15) is 0 Å². The summed E-state index contributed by atoms with van der Waals surface area (Å²) in [6, 6.07) is 0. The Bertz CT molecular complexity index is 168. The average Bonchev–Trinajstić information content (AvgIpc) is 2.05. The van der Waals surface area contributed by atoms with Crippen LogP contribution in [-0.4, -0.2) is 11.7 Å². The first kappa shape index (κ1) is 8.62. The van der Waals surface area contributed by atoms with Gasteiger partial charge in [0.15, 0.2) is 0 Å². The molecule has 0 aromatic heterocycles. The lowest BCUT2D eigenvalue weighted by Gasteiger charge is -2.36. The first-order valence-electron chi connectivity index (χ1n) is 4.31. The third-order valence-electron chi connectivity index (χ3n) is 2.95. The molecule has 62 valence electrons. The van der Waals surface area contributed by atoms with E-state index in [-0.39, 0.29) is 12.0 Å². The average molecular weight is 152 g/mol. The SMILES string of the molecule is C#CC1(C)CCCCC1CO. The molecule has 1 fully saturated rings. The highest BCUT2D eigenvalue weighted by molar-refractivity contribution is 5.07. The minimum atomic E-state index is -0.0347. The monoisotopic (exact) mass is 152 g/mol. The molecular weight excluding hydrogens is 136 g/mol. The van der Waals surface area contributed by atoms with Gasteiger partial charge in [0.1, 0.15) is 0 Å². The summed E-state index contributed by atoms with van der Waals surface area (Å²) in [5, 5.41) is 9.06. The molecule has 0 aromatic rings. The zero-order valence-electron chi connectivity index (χ0n) is 7.14. The van der Waals surface area contributed by atoms with Gasteiger partial charge in [-0.1, -0.05) is 18.8 Å². The molecular formula is C10H16O. The molecule has 11 heavy (non-hydrogen) atoms. The summed E-state index contributed by atoms with van der Waals surface area (Å²) < 4.78 is 0. The summed E-state index contributed by atoms with van der Waals surface area (Å²) in [5.74, 6) is 3.16. The zero-order chi connectivity index (χ0) is 8.32. The van der Waals surface area contributed by atoms with Crippen LogP contribution in [0.2, 0.25) is 0 Å². The van der Waals surface area contributed by atoms with Gasteiger partial charge in [0.25, 0.3) is 0 Å². The van der Waals surface area contributed by atoms with Gasteiger partial charge in [-0.05, 0) is 25.7 Å². The van der Waals surface area contributed by atoms with E-state index in [0.717, 1.165) is 12.8 Å². The van der Waals surface area contributed by atoms with Crippen LogP contribution in [0.25, 0.3) is 0 Å². The van der Waals surface area contributed by atoms with Gasteiger partial charge in [0.05, 0.1) is 0 Å². The molecule has 1 aliphatic rings. The Labute approximate surface area is 68.8 Å². The second-order valence-electron chi connectivity index (χ2n) is 3.69. The van der Waals surface area contributed by atoms with Crippen molar-refractivity contribution in [3.63, 3.8) is 0 Å². The van der Waals surface area contributed by atoms with Crippen molar-refractivity contribution in [1.82, 2.24) is 0 Å². The second kappa shape index (κ2) is 3.28. The van der Waals surface area contributed by atoms with E-state index in [1.807, 2.05) is 0 Å². The van der Waals surface area contributed by atoms with Crippen molar-refractivity contribution in [3.05, 3.63) is 0 Å². The maximum Gasteiger partial charge on any atom is 0.0473 e. The van der Waals surface area contributed by atoms with E-state index in [1.165, 1.54) is 12.8 Å². The summed E-state index contributed by atoms with van der Waals surface area (Å²) in [4.78, 5) is 0. The van der Waals surface area contributed by atoms with Crippen molar-refractivity contribution in [2.45, 2.75) is 32.6 Å². The molecule has 1 saturated carbocycles. The number of hydrogen-bond acceptors (Lipinski definition) is 1. The summed E-state index contributed by atoms with van der Waals surface area (Å²) in [7, 11) is 0. The maximum absolute atomic E-state index is 9.06. The Hall–Kier alpha value is -0.480. The quantitative estimate of drug-likeness (QED) is 0.568. The van der Waals surface area contributed by atoms with E-state index in [1.54, 1.807) is 0 Å². The molecule has 1 aliphatic carbocycles. The normalized spacial score (nSPS) is 38.1. The van der Waals surface area contributed by atoms with E-state index in [4.69, 9.17) is 11.5 Å². The molecule has 1 nitrogen and oxygen atoms in total. The summed E-state index contributed by atoms with van der Waals surface area (Å²) in [5.41, 5.74) is -0.0347. The Kier molecular flexibility index (Phi) is 2.57. The lowest BCUT2D eigenvalue weighted by Crippen LogP contribution is -2.31. The number of terminal acetylenes is 1. The maximum atomic E-state index is 9.06. The van der Waals surface area contributed by atoms with E-state index in [9.17, 15) is 0 Å². The van der Waals surface area contributed by atoms with E-state index < -0.39 is 0 Å². The molecule has 0 heterocycles. The fraction of sp³-hybridized carbons (Fsp3) is 0.800. The van der Waals surface area contributed by atoms with Gasteiger partial charge >= 0.3 is 0 Å². The van der Waals surface area contributed by atoms with Crippen LogP contribution >= 0.6 is 0 Å². The fourth-order valence-corrected chi connectivity index (χ4v) is 1.89. The van der Waals surface area contributed by atoms with E-state index >= 15 is 0 Å². The number of aliphatic hydroxyl groups excluding tert-OH is 1. The number of hydrogen-bond donors (Lipinski definition) is 1. The topological polar surface area (TPSA) is 20.2 Å². The zero-order valence-corrected chi connectivity index (χ0v) is 7.14. The predicted molar refractivity (Wildman–Crippen MR) is 46.0 cm³/mol. The lowest BCUT2D eigenvalue weighted by atomic mass is 9.68. The molecule has 1 N–H and O–H groups in total. The van der Waals surface area contributed by atoms with Crippen molar-refractivity contribution in [2.75, 3.05) is 6.61 Å². The third kappa shape index (κ3) is 1.57. The van der Waals surface area contributed by atoms with Crippen LogP contribution < -0.4 is 0 Å². The van der Waals surface area contributed by atoms with Gasteiger partial charge in [-0.15, -0.1) is 6.42 Å². The Morgan fingerprint density at radius 1 is 1.64 bits per heavy atom. The van der Waals surface area contributed by atoms with Crippen LogP contribution in [0.4, 0.5) is 0 Å². The highest BCUT2D eigenvalue weighted by atomic mass is 16.3. The Morgan fingerprint density at radius 2 is 2.36 bits per heavy atom. The minimum Gasteiger partial charge on any atom is -0.396 e. The first-order valence-corrected chi connectivity index (χ1v) is 4.31. The minimum absolute atomic E-state index is 0.0347. The molecule has 0 saturated heterocycles. The molecule has 0 radical (unpaired) electrons. The van der Waals surface area contributed by atoms with Gasteiger partial charge in [-0.3, -0.25) is 0 Å². The van der Waals surface area contributed by atoms with Crippen LogP contribution in [-0.2, 0) is 0 Å². The van der Waals surface area contributed by atoms with E-state index in [2.05, 4.69) is 12.8 Å². The second-order valence-corrected chi connectivity index (χ2v) is 3.69. The van der Waals surface area contributed by atoms with E-state index in [0.29, 0.717) is 5.92 Å². The molecule has 0 amide bonds. The van der Waals surface area contributed by atoms with Crippen LogP contribution in [0.1, 0.15) is 32.6 Å². The van der Waals surface area contributed by atoms with Gasteiger partial charge in [-0.25, -0.2) is 0 Å².